The SMILES string of the molecule is CCOC1CC(CC(Cl)c2c(F)cc(OC)cc2F)C1. The molecule has 0 heterocycles. The molecule has 0 radical (unpaired) electrons. The van der Waals surface area contributed by atoms with E-state index in [9.17, 15) is 8.78 Å². The minimum absolute atomic E-state index is 0.0627. The summed E-state index contributed by atoms with van der Waals surface area (Å²) in [5.41, 5.74) is -0.0627. The van der Waals surface area contributed by atoms with Crippen molar-refractivity contribution < 1.29 is 18.3 Å². The van der Waals surface area contributed by atoms with E-state index in [4.69, 9.17) is 21.1 Å². The zero-order chi connectivity index (χ0) is 14.7. The molecule has 0 saturated heterocycles. The van der Waals surface area contributed by atoms with Gasteiger partial charge in [-0.15, -0.1) is 11.6 Å². The maximum Gasteiger partial charge on any atom is 0.134 e. The van der Waals surface area contributed by atoms with Crippen LogP contribution >= 0.6 is 11.6 Å². The Morgan fingerprint density at radius 2 is 1.90 bits per heavy atom. The van der Waals surface area contributed by atoms with Crippen LogP contribution in [0.3, 0.4) is 0 Å². The minimum atomic E-state index is -0.659. The summed E-state index contributed by atoms with van der Waals surface area (Å²) in [5.74, 6) is -0.771. The van der Waals surface area contributed by atoms with Gasteiger partial charge in [-0.2, -0.15) is 0 Å². The molecule has 1 aromatic rings. The number of halogens is 3. The van der Waals surface area contributed by atoms with Crippen molar-refractivity contribution in [3.05, 3.63) is 29.3 Å². The average molecular weight is 305 g/mol. The van der Waals surface area contributed by atoms with Crippen molar-refractivity contribution in [2.45, 2.75) is 37.7 Å². The molecule has 0 N–H and O–H groups in total. The van der Waals surface area contributed by atoms with Crippen LogP contribution in [-0.4, -0.2) is 19.8 Å². The van der Waals surface area contributed by atoms with E-state index >= 15 is 0 Å². The summed E-state index contributed by atoms with van der Waals surface area (Å²) in [6.45, 7) is 2.66. The first kappa shape index (κ1) is 15.5. The van der Waals surface area contributed by atoms with E-state index in [1.54, 1.807) is 0 Å². The van der Waals surface area contributed by atoms with Crippen molar-refractivity contribution in [2.24, 2.45) is 5.92 Å². The summed E-state index contributed by atoms with van der Waals surface area (Å²) in [6, 6.07) is 2.33. The molecule has 1 aliphatic carbocycles. The molecule has 5 heteroatoms. The molecular weight excluding hydrogens is 286 g/mol. The van der Waals surface area contributed by atoms with Gasteiger partial charge in [-0.25, -0.2) is 8.78 Å². The molecular formula is C15H19ClF2O2. The molecule has 1 unspecified atom stereocenters. The lowest BCUT2D eigenvalue weighted by Gasteiger charge is -2.36. The van der Waals surface area contributed by atoms with Crippen LogP contribution in [0.2, 0.25) is 0 Å². The molecule has 1 aromatic carbocycles. The summed E-state index contributed by atoms with van der Waals surface area (Å²) in [5, 5.41) is -0.659. The Morgan fingerprint density at radius 1 is 1.30 bits per heavy atom. The van der Waals surface area contributed by atoms with Crippen molar-refractivity contribution in [1.29, 1.82) is 0 Å². The maximum atomic E-state index is 13.9. The number of hydrogen-bond acceptors (Lipinski definition) is 2. The number of alkyl halides is 1. The summed E-state index contributed by atoms with van der Waals surface area (Å²) in [6.07, 6.45) is 2.66. The average Bonchev–Trinajstić information content (AvgIpc) is 2.35. The summed E-state index contributed by atoms with van der Waals surface area (Å²) >= 11 is 6.18. The third kappa shape index (κ3) is 3.41. The molecule has 20 heavy (non-hydrogen) atoms. The van der Waals surface area contributed by atoms with Crippen LogP contribution in [0.1, 0.15) is 37.1 Å². The Labute approximate surface area is 123 Å². The Hall–Kier alpha value is -0.870. The van der Waals surface area contributed by atoms with Crippen LogP contribution in [0.15, 0.2) is 12.1 Å². The highest BCUT2D eigenvalue weighted by Crippen LogP contribution is 2.41. The van der Waals surface area contributed by atoms with E-state index in [2.05, 4.69) is 0 Å². The molecule has 112 valence electrons. The molecule has 0 aliphatic heterocycles. The molecule has 0 spiro atoms. The van der Waals surface area contributed by atoms with E-state index < -0.39 is 17.0 Å². The van der Waals surface area contributed by atoms with Gasteiger partial charge < -0.3 is 9.47 Å². The molecule has 0 amide bonds. The van der Waals surface area contributed by atoms with Gasteiger partial charge in [-0.05, 0) is 32.1 Å². The molecule has 1 aliphatic rings. The van der Waals surface area contributed by atoms with Crippen molar-refractivity contribution >= 4 is 11.6 Å². The van der Waals surface area contributed by atoms with Crippen molar-refractivity contribution in [1.82, 2.24) is 0 Å². The van der Waals surface area contributed by atoms with E-state index in [1.165, 1.54) is 7.11 Å². The lowest BCUT2D eigenvalue weighted by Crippen LogP contribution is -2.32. The molecule has 1 atom stereocenters. The fourth-order valence-corrected chi connectivity index (χ4v) is 3.09. The van der Waals surface area contributed by atoms with Gasteiger partial charge in [0.25, 0.3) is 0 Å². The molecule has 0 bridgehead atoms. The monoisotopic (exact) mass is 304 g/mol. The smallest absolute Gasteiger partial charge is 0.134 e. The van der Waals surface area contributed by atoms with Gasteiger partial charge in [0.1, 0.15) is 17.4 Å². The first-order valence-corrected chi connectivity index (χ1v) is 7.27. The molecule has 1 saturated carbocycles. The topological polar surface area (TPSA) is 18.5 Å². The van der Waals surface area contributed by atoms with E-state index in [0.717, 1.165) is 25.0 Å². The van der Waals surface area contributed by atoms with Gasteiger partial charge in [0.2, 0.25) is 0 Å². The van der Waals surface area contributed by atoms with Crippen LogP contribution in [0, 0.1) is 17.6 Å². The van der Waals surface area contributed by atoms with Gasteiger partial charge in [-0.1, -0.05) is 0 Å². The normalized spacial score (nSPS) is 23.2. The lowest BCUT2D eigenvalue weighted by atomic mass is 9.78. The summed E-state index contributed by atoms with van der Waals surface area (Å²) < 4.78 is 38.1. The van der Waals surface area contributed by atoms with Gasteiger partial charge in [0.15, 0.2) is 0 Å². The molecule has 1 fully saturated rings. The highest BCUT2D eigenvalue weighted by atomic mass is 35.5. The largest absolute Gasteiger partial charge is 0.497 e. The van der Waals surface area contributed by atoms with Crippen molar-refractivity contribution in [2.75, 3.05) is 13.7 Å². The Balaban J connectivity index is 1.98. The van der Waals surface area contributed by atoms with E-state index in [1.807, 2.05) is 6.92 Å². The predicted molar refractivity (Wildman–Crippen MR) is 74.3 cm³/mol. The van der Waals surface area contributed by atoms with Gasteiger partial charge in [-0.3, -0.25) is 0 Å². The number of ether oxygens (including phenoxy) is 2. The molecule has 2 nitrogen and oxygen atoms in total. The maximum absolute atomic E-state index is 13.9. The summed E-state index contributed by atoms with van der Waals surface area (Å²) in [7, 11) is 1.37. The number of rotatable bonds is 6. The Kier molecular flexibility index (Phi) is 5.22. The van der Waals surface area contributed by atoms with Crippen LogP contribution < -0.4 is 4.74 Å². The highest BCUT2D eigenvalue weighted by Gasteiger charge is 2.32. The Morgan fingerprint density at radius 3 is 2.40 bits per heavy atom. The first-order chi connectivity index (χ1) is 9.55. The predicted octanol–water partition coefficient (Wildman–Crippen LogP) is 4.46. The minimum Gasteiger partial charge on any atom is -0.497 e. The zero-order valence-electron chi connectivity index (χ0n) is 11.7. The van der Waals surface area contributed by atoms with Crippen LogP contribution in [0.4, 0.5) is 8.78 Å². The van der Waals surface area contributed by atoms with Crippen LogP contribution in [-0.2, 0) is 4.74 Å². The standard InChI is InChI=1S/C15H19ClF2O2/c1-3-20-11-4-9(5-11)6-12(16)15-13(17)7-10(19-2)8-14(15)18/h7-9,11-12H,3-6H2,1-2H3. The highest BCUT2D eigenvalue weighted by molar-refractivity contribution is 6.20. The van der Waals surface area contributed by atoms with E-state index in [0.29, 0.717) is 18.9 Å². The third-order valence-electron chi connectivity index (χ3n) is 3.74. The third-order valence-corrected chi connectivity index (χ3v) is 4.13. The fraction of sp³-hybridized carbons (Fsp3) is 0.600. The van der Waals surface area contributed by atoms with E-state index in [-0.39, 0.29) is 17.4 Å². The molecule has 0 aromatic heterocycles. The van der Waals surface area contributed by atoms with Gasteiger partial charge in [0, 0.05) is 24.3 Å². The lowest BCUT2D eigenvalue weighted by molar-refractivity contribution is -0.0268. The zero-order valence-corrected chi connectivity index (χ0v) is 12.4. The fourth-order valence-electron chi connectivity index (χ4n) is 2.63. The second-order valence-electron chi connectivity index (χ2n) is 5.12. The van der Waals surface area contributed by atoms with Gasteiger partial charge in [0.05, 0.1) is 18.6 Å². The first-order valence-electron chi connectivity index (χ1n) is 6.83. The molecule has 2 rings (SSSR count). The quantitative estimate of drug-likeness (QED) is 0.722. The van der Waals surface area contributed by atoms with Crippen molar-refractivity contribution in [3.63, 3.8) is 0 Å². The van der Waals surface area contributed by atoms with Crippen LogP contribution in [0.5, 0.6) is 5.75 Å². The van der Waals surface area contributed by atoms with Crippen molar-refractivity contribution in [3.8, 4) is 5.75 Å². The Bertz CT molecular complexity index is 438. The second kappa shape index (κ2) is 6.72. The number of methoxy groups -OCH3 is 1. The van der Waals surface area contributed by atoms with Crippen LogP contribution in [0.25, 0.3) is 0 Å². The second-order valence-corrected chi connectivity index (χ2v) is 5.65. The van der Waals surface area contributed by atoms with Gasteiger partial charge >= 0.3 is 0 Å². The summed E-state index contributed by atoms with van der Waals surface area (Å²) in [4.78, 5) is 0. The number of hydrogen-bond donors (Lipinski definition) is 0. The number of benzene rings is 1.